The van der Waals surface area contributed by atoms with Crippen molar-refractivity contribution in [2.75, 3.05) is 7.11 Å². The van der Waals surface area contributed by atoms with Crippen LogP contribution in [0.3, 0.4) is 0 Å². The van der Waals surface area contributed by atoms with E-state index in [0.29, 0.717) is 10.8 Å². The van der Waals surface area contributed by atoms with E-state index in [1.54, 1.807) is 0 Å². The maximum atomic E-state index is 10.7. The van der Waals surface area contributed by atoms with Crippen LogP contribution >= 0.6 is 11.6 Å². The topological polar surface area (TPSA) is 52.1 Å². The zero-order chi connectivity index (χ0) is 9.68. The largest absolute Gasteiger partial charge is 0.466 e. The molecule has 5 heteroatoms. The van der Waals surface area contributed by atoms with Crippen molar-refractivity contribution in [3.05, 3.63) is 29.3 Å². The monoisotopic (exact) mass is 198 g/mol. The second-order valence-corrected chi connectivity index (χ2v) is 2.55. The number of ether oxygens (including phenoxy) is 1. The minimum Gasteiger partial charge on any atom is -0.466 e. The van der Waals surface area contributed by atoms with Crippen LogP contribution < -0.4 is 0 Å². The van der Waals surface area contributed by atoms with E-state index in [4.69, 9.17) is 11.6 Å². The van der Waals surface area contributed by atoms with Crippen molar-refractivity contribution in [2.24, 2.45) is 0 Å². The molecule has 0 unspecified atom stereocenters. The number of hydrogen-bond acceptors (Lipinski definition) is 4. The van der Waals surface area contributed by atoms with E-state index in [1.165, 1.54) is 31.7 Å². The molecule has 0 aliphatic heterocycles. The number of halogens is 1. The summed E-state index contributed by atoms with van der Waals surface area (Å²) >= 11 is 5.56. The third-order valence-electron chi connectivity index (χ3n) is 1.21. The van der Waals surface area contributed by atoms with Gasteiger partial charge >= 0.3 is 5.97 Å². The average molecular weight is 199 g/mol. The summed E-state index contributed by atoms with van der Waals surface area (Å²) in [7, 11) is 1.30. The molecular weight excluding hydrogens is 192 g/mol. The van der Waals surface area contributed by atoms with Gasteiger partial charge in [0.1, 0.15) is 0 Å². The number of esters is 1. The summed E-state index contributed by atoms with van der Waals surface area (Å²) in [5.41, 5.74) is 0. The Bertz CT molecular complexity index is 321. The quantitative estimate of drug-likeness (QED) is 0.531. The molecule has 0 spiro atoms. The first-order valence-electron chi connectivity index (χ1n) is 3.46. The van der Waals surface area contributed by atoms with Gasteiger partial charge in [0.2, 0.25) is 0 Å². The lowest BCUT2D eigenvalue weighted by Gasteiger charge is -1.91. The Morgan fingerprint density at radius 1 is 1.54 bits per heavy atom. The molecule has 0 saturated heterocycles. The van der Waals surface area contributed by atoms with Crippen molar-refractivity contribution >= 4 is 23.6 Å². The van der Waals surface area contributed by atoms with E-state index in [0.717, 1.165) is 0 Å². The molecule has 0 bridgehead atoms. The highest BCUT2D eigenvalue weighted by molar-refractivity contribution is 6.30. The van der Waals surface area contributed by atoms with Gasteiger partial charge in [-0.25, -0.2) is 14.8 Å². The first kappa shape index (κ1) is 9.67. The summed E-state index contributed by atoms with van der Waals surface area (Å²) in [6.07, 6.45) is 5.59. The summed E-state index contributed by atoms with van der Waals surface area (Å²) in [6.45, 7) is 0. The molecule has 0 saturated carbocycles. The summed E-state index contributed by atoms with van der Waals surface area (Å²) in [5, 5.41) is 0.454. The maximum absolute atomic E-state index is 10.7. The number of rotatable bonds is 2. The van der Waals surface area contributed by atoms with E-state index < -0.39 is 5.97 Å². The molecule has 0 fully saturated rings. The van der Waals surface area contributed by atoms with Gasteiger partial charge in [-0.1, -0.05) is 11.6 Å². The highest BCUT2D eigenvalue weighted by atomic mass is 35.5. The van der Waals surface area contributed by atoms with E-state index in [2.05, 4.69) is 14.7 Å². The van der Waals surface area contributed by atoms with Crippen molar-refractivity contribution < 1.29 is 9.53 Å². The third-order valence-corrected chi connectivity index (χ3v) is 1.41. The number of carbonyl (C=O) groups is 1. The van der Waals surface area contributed by atoms with Gasteiger partial charge in [-0.05, 0) is 6.08 Å². The van der Waals surface area contributed by atoms with Crippen LogP contribution in [-0.2, 0) is 9.53 Å². The summed E-state index contributed by atoms with van der Waals surface area (Å²) < 4.78 is 4.39. The zero-order valence-electron chi connectivity index (χ0n) is 6.90. The Labute approximate surface area is 80.2 Å². The summed E-state index contributed by atoms with van der Waals surface area (Å²) in [5.74, 6) is -0.0339. The second-order valence-electron chi connectivity index (χ2n) is 2.12. The third kappa shape index (κ3) is 3.21. The molecule has 1 heterocycles. The average Bonchev–Trinajstić information content (AvgIpc) is 2.16. The fraction of sp³-hybridized carbons (Fsp3) is 0.125. The Balaban J connectivity index is 2.69. The van der Waals surface area contributed by atoms with E-state index in [1.807, 2.05) is 0 Å². The molecule has 0 radical (unpaired) electrons. The van der Waals surface area contributed by atoms with Crippen LogP contribution in [0.5, 0.6) is 0 Å². The minimum atomic E-state index is -0.446. The Morgan fingerprint density at radius 3 is 2.69 bits per heavy atom. The molecule has 0 amide bonds. The normalized spacial score (nSPS) is 10.3. The lowest BCUT2D eigenvalue weighted by molar-refractivity contribution is -0.134. The lowest BCUT2D eigenvalue weighted by Crippen LogP contribution is -1.94. The predicted molar refractivity (Wildman–Crippen MR) is 48.1 cm³/mol. The van der Waals surface area contributed by atoms with E-state index in [9.17, 15) is 4.79 Å². The summed E-state index contributed by atoms with van der Waals surface area (Å²) in [4.78, 5) is 18.4. The predicted octanol–water partition coefficient (Wildman–Crippen LogP) is 1.32. The molecule has 0 atom stereocenters. The lowest BCUT2D eigenvalue weighted by atomic mass is 10.4. The number of hydrogen-bond donors (Lipinski definition) is 0. The number of nitrogens with zero attached hydrogens (tertiary/aromatic N) is 2. The van der Waals surface area contributed by atoms with Crippen LogP contribution in [0.25, 0.3) is 6.08 Å². The van der Waals surface area contributed by atoms with Crippen LogP contribution in [0.1, 0.15) is 5.82 Å². The second kappa shape index (κ2) is 4.57. The van der Waals surface area contributed by atoms with Gasteiger partial charge in [0.25, 0.3) is 0 Å². The first-order chi connectivity index (χ1) is 6.22. The molecule has 4 nitrogen and oxygen atoms in total. The Kier molecular flexibility index (Phi) is 3.40. The molecule has 0 aliphatic rings. The van der Waals surface area contributed by atoms with Crippen LogP contribution in [0.2, 0.25) is 5.02 Å². The van der Waals surface area contributed by atoms with Gasteiger partial charge in [0.05, 0.1) is 12.1 Å². The van der Waals surface area contributed by atoms with Gasteiger partial charge in [-0.2, -0.15) is 0 Å². The Hall–Kier alpha value is -1.42. The van der Waals surface area contributed by atoms with Crippen LogP contribution in [-0.4, -0.2) is 23.0 Å². The summed E-state index contributed by atoms with van der Waals surface area (Å²) in [6, 6.07) is 0. The standard InChI is InChI=1S/C8H7ClN2O2/c1-13-8(12)3-2-7-10-4-6(9)5-11-7/h2-5H,1H3. The van der Waals surface area contributed by atoms with Gasteiger partial charge in [-0.15, -0.1) is 0 Å². The van der Waals surface area contributed by atoms with Crippen molar-refractivity contribution in [3.8, 4) is 0 Å². The van der Waals surface area contributed by atoms with Crippen molar-refractivity contribution in [1.29, 1.82) is 0 Å². The van der Waals surface area contributed by atoms with Gasteiger partial charge in [0, 0.05) is 18.5 Å². The van der Waals surface area contributed by atoms with Crippen molar-refractivity contribution in [2.45, 2.75) is 0 Å². The van der Waals surface area contributed by atoms with Crippen LogP contribution in [0.15, 0.2) is 18.5 Å². The highest BCUT2D eigenvalue weighted by Crippen LogP contribution is 2.03. The van der Waals surface area contributed by atoms with E-state index >= 15 is 0 Å². The minimum absolute atomic E-state index is 0.412. The molecule has 68 valence electrons. The number of carbonyl (C=O) groups excluding carboxylic acids is 1. The van der Waals surface area contributed by atoms with Gasteiger partial charge in [-0.3, -0.25) is 0 Å². The van der Waals surface area contributed by atoms with Gasteiger partial charge < -0.3 is 4.74 Å². The molecule has 0 N–H and O–H groups in total. The molecule has 0 aliphatic carbocycles. The highest BCUT2D eigenvalue weighted by Gasteiger charge is 1.93. The fourth-order valence-corrected chi connectivity index (χ4v) is 0.717. The molecular formula is C8H7ClN2O2. The zero-order valence-corrected chi connectivity index (χ0v) is 7.65. The van der Waals surface area contributed by atoms with Crippen LogP contribution in [0.4, 0.5) is 0 Å². The smallest absolute Gasteiger partial charge is 0.330 e. The fourth-order valence-electron chi connectivity index (χ4n) is 0.619. The SMILES string of the molecule is COC(=O)C=Cc1ncc(Cl)cn1. The molecule has 0 aromatic carbocycles. The molecule has 1 rings (SSSR count). The van der Waals surface area contributed by atoms with E-state index in [-0.39, 0.29) is 0 Å². The molecule has 1 aromatic rings. The number of aromatic nitrogens is 2. The number of methoxy groups -OCH3 is 1. The molecule has 13 heavy (non-hydrogen) atoms. The van der Waals surface area contributed by atoms with Crippen molar-refractivity contribution in [1.82, 2.24) is 9.97 Å². The van der Waals surface area contributed by atoms with Gasteiger partial charge in [0.15, 0.2) is 5.82 Å². The Morgan fingerprint density at radius 2 is 2.15 bits per heavy atom. The maximum Gasteiger partial charge on any atom is 0.330 e. The van der Waals surface area contributed by atoms with Crippen molar-refractivity contribution in [3.63, 3.8) is 0 Å². The van der Waals surface area contributed by atoms with Crippen LogP contribution in [0, 0.1) is 0 Å². The first-order valence-corrected chi connectivity index (χ1v) is 3.84. The molecule has 1 aromatic heterocycles.